The summed E-state index contributed by atoms with van der Waals surface area (Å²) >= 11 is 5.35. The number of nitrogens with zero attached hydrogens (tertiary/aromatic N) is 1. The number of aryl methyl sites for hydroxylation is 1. The van der Waals surface area contributed by atoms with Crippen molar-refractivity contribution < 1.29 is 0 Å². The Hall–Kier alpha value is -0.140. The summed E-state index contributed by atoms with van der Waals surface area (Å²) in [5.41, 5.74) is 3.44. The van der Waals surface area contributed by atoms with Crippen LogP contribution in [0.5, 0.6) is 0 Å². The van der Waals surface area contributed by atoms with Crippen molar-refractivity contribution in [2.75, 3.05) is 0 Å². The van der Waals surface area contributed by atoms with E-state index in [-0.39, 0.29) is 20.7 Å². The summed E-state index contributed by atoms with van der Waals surface area (Å²) in [7, 11) is 0. The Balaban J connectivity index is 2.19. The molecule has 3 rings (SSSR count). The molecule has 1 aliphatic rings. The molecule has 1 N–H and O–H groups in total. The van der Waals surface area contributed by atoms with Gasteiger partial charge in [0.25, 0.3) is 0 Å². The number of H-pyrrole nitrogens is 1. The van der Waals surface area contributed by atoms with Crippen LogP contribution in [0.3, 0.4) is 0 Å². The van der Waals surface area contributed by atoms with Gasteiger partial charge >= 0.3 is 0 Å². The second-order valence-corrected chi connectivity index (χ2v) is 8.88. The number of halogens is 2. The van der Waals surface area contributed by atoms with E-state index in [1.54, 1.807) is 11.8 Å². The van der Waals surface area contributed by atoms with Crippen LogP contribution in [0, 0.1) is 6.92 Å². The molecule has 5 heteroatoms. The molecule has 82 valence electrons. The molecule has 0 saturated heterocycles. The second-order valence-electron chi connectivity index (χ2n) is 3.51. The van der Waals surface area contributed by atoms with Gasteiger partial charge in [0, 0.05) is 3.34 Å². The van der Waals surface area contributed by atoms with Crippen LogP contribution >= 0.6 is 48.4 Å². The number of hydrogen-bond donors (Lipinski definition) is 1. The summed E-state index contributed by atoms with van der Waals surface area (Å²) < 4.78 is 4.87. The summed E-state index contributed by atoms with van der Waals surface area (Å²) in [4.78, 5) is 8.04. The lowest BCUT2D eigenvalue weighted by atomic mass is 10.2. The van der Waals surface area contributed by atoms with Crippen molar-refractivity contribution in [1.29, 1.82) is 0 Å². The first-order valence-corrected chi connectivity index (χ1v) is 8.72. The molecular weight excluding hydrogens is 399 g/mol. The summed E-state index contributed by atoms with van der Waals surface area (Å²) in [5, 5.41) is 0. The molecule has 0 saturated carbocycles. The molecule has 2 aromatic rings. The van der Waals surface area contributed by atoms with E-state index in [1.165, 1.54) is 13.0 Å². The maximum Gasteiger partial charge on any atom is 0.145 e. The fourth-order valence-electron chi connectivity index (χ4n) is 1.57. The third-order valence-electron chi connectivity index (χ3n) is 2.32. The minimum Gasteiger partial charge on any atom is -0.338 e. The van der Waals surface area contributed by atoms with Gasteiger partial charge in [-0.05, 0) is 40.5 Å². The van der Waals surface area contributed by atoms with E-state index in [1.807, 2.05) is 0 Å². The zero-order valence-electron chi connectivity index (χ0n) is 8.42. The van der Waals surface area contributed by atoms with Gasteiger partial charge in [-0.1, -0.05) is 38.6 Å². The first-order valence-electron chi connectivity index (χ1n) is 4.72. The van der Waals surface area contributed by atoms with Crippen molar-refractivity contribution in [2.45, 2.75) is 6.92 Å². The van der Waals surface area contributed by atoms with Gasteiger partial charge in [-0.2, -0.15) is 0 Å². The molecule has 2 heterocycles. The Morgan fingerprint density at radius 1 is 1.44 bits per heavy atom. The third kappa shape index (κ3) is 1.89. The van der Waals surface area contributed by atoms with Gasteiger partial charge in [0.15, 0.2) is 0 Å². The summed E-state index contributed by atoms with van der Waals surface area (Å²) in [6.45, 7) is 2.10. The zero-order valence-corrected chi connectivity index (χ0v) is 13.0. The first kappa shape index (κ1) is 11.0. The Morgan fingerprint density at radius 2 is 2.31 bits per heavy atom. The molecule has 0 amide bonds. The van der Waals surface area contributed by atoms with Crippen LogP contribution in [0.4, 0.5) is 0 Å². The van der Waals surface area contributed by atoms with Gasteiger partial charge in [0.1, 0.15) is 5.82 Å². The minimum atomic E-state index is -0.0113. The highest BCUT2D eigenvalue weighted by molar-refractivity contribution is 14.2. The molecule has 0 spiro atoms. The molecule has 0 aliphatic carbocycles. The van der Waals surface area contributed by atoms with E-state index in [9.17, 15) is 0 Å². The Labute approximate surface area is 116 Å². The number of imidazole rings is 1. The number of rotatable bonds is 1. The minimum absolute atomic E-state index is 0.0113. The molecule has 1 aromatic carbocycles. The van der Waals surface area contributed by atoms with E-state index < -0.39 is 0 Å². The predicted molar refractivity (Wildman–Crippen MR) is 84.4 cm³/mol. The predicted octanol–water partition coefficient (Wildman–Crippen LogP) is 4.37. The first-order chi connectivity index (χ1) is 7.74. The third-order valence-corrected chi connectivity index (χ3v) is 8.17. The van der Waals surface area contributed by atoms with E-state index in [2.05, 4.69) is 54.4 Å². The van der Waals surface area contributed by atoms with E-state index in [4.69, 9.17) is 0 Å². The van der Waals surface area contributed by atoms with Crippen LogP contribution in [-0.2, 0) is 0 Å². The van der Waals surface area contributed by atoms with Crippen LogP contribution in [0.25, 0.3) is 14.6 Å². The average Bonchev–Trinajstić information content (AvgIpc) is 2.82. The fourth-order valence-corrected chi connectivity index (χ4v) is 7.46. The maximum absolute atomic E-state index is 4.64. The van der Waals surface area contributed by atoms with Gasteiger partial charge in [-0.3, -0.25) is 0 Å². The lowest BCUT2D eigenvalue weighted by Gasteiger charge is -1.93. The molecule has 1 aromatic heterocycles. The topological polar surface area (TPSA) is 28.7 Å². The number of nitrogens with one attached hydrogen (secondary N) is 1. The van der Waals surface area contributed by atoms with E-state index in [0.29, 0.717) is 0 Å². The lowest BCUT2D eigenvalue weighted by molar-refractivity contribution is 1.29. The highest BCUT2D eigenvalue weighted by Gasteiger charge is 2.14. The SMILES string of the molecule is Cc1ccc2nc(C3=C(Br)SC=I3)[nH]c2c1. The van der Waals surface area contributed by atoms with Crippen molar-refractivity contribution in [1.82, 2.24) is 9.97 Å². The normalized spacial score (nSPS) is 15.9. The van der Waals surface area contributed by atoms with E-state index >= 15 is 0 Å². The van der Waals surface area contributed by atoms with Crippen molar-refractivity contribution in [3.63, 3.8) is 0 Å². The summed E-state index contributed by atoms with van der Waals surface area (Å²) in [5.74, 6) is 1.03. The molecule has 0 radical (unpaired) electrons. The van der Waals surface area contributed by atoms with Gasteiger partial charge in [0.2, 0.25) is 0 Å². The van der Waals surface area contributed by atoms with Crippen molar-refractivity contribution in [3.8, 4) is 0 Å². The van der Waals surface area contributed by atoms with Gasteiger partial charge < -0.3 is 4.98 Å². The standard InChI is InChI=1S/C11H8BrIN2S/c1-6-2-3-7-8(4-6)15-11(14-7)9-10(12)16-5-13-9/h2-5H,1H3,(H,14,15). The fraction of sp³-hybridized carbons (Fsp3) is 0.0909. The monoisotopic (exact) mass is 406 g/mol. The number of aromatic amines is 1. The second kappa shape index (κ2) is 4.27. The van der Waals surface area contributed by atoms with Gasteiger partial charge in [-0.25, -0.2) is 4.98 Å². The number of fused-ring (bicyclic) bond motifs is 1. The summed E-state index contributed by atoms with van der Waals surface area (Å²) in [6.07, 6.45) is 0. The van der Waals surface area contributed by atoms with Crippen LogP contribution in [-0.4, -0.2) is 13.3 Å². The highest BCUT2D eigenvalue weighted by atomic mass is 127. The highest BCUT2D eigenvalue weighted by Crippen LogP contribution is 2.44. The van der Waals surface area contributed by atoms with E-state index in [0.717, 1.165) is 16.9 Å². The molecule has 0 atom stereocenters. The quantitative estimate of drug-likeness (QED) is 0.712. The van der Waals surface area contributed by atoms with Crippen LogP contribution in [0.1, 0.15) is 11.4 Å². The van der Waals surface area contributed by atoms with Gasteiger partial charge in [-0.15, -0.1) is 0 Å². The molecule has 0 fully saturated rings. The van der Waals surface area contributed by atoms with Crippen molar-refractivity contribution in [3.05, 3.63) is 33.4 Å². The van der Waals surface area contributed by atoms with Crippen molar-refractivity contribution >= 4 is 66.4 Å². The Kier molecular flexibility index (Phi) is 2.93. The molecule has 0 bridgehead atoms. The maximum atomic E-state index is 4.64. The van der Waals surface area contributed by atoms with Crippen LogP contribution < -0.4 is 0 Å². The average molecular weight is 407 g/mol. The van der Waals surface area contributed by atoms with Crippen LogP contribution in [0.15, 0.2) is 22.0 Å². The summed E-state index contributed by atoms with van der Waals surface area (Å²) in [6, 6.07) is 6.31. The molecular formula is C11H8BrIN2S. The lowest BCUT2D eigenvalue weighted by Crippen LogP contribution is -1.78. The molecule has 16 heavy (non-hydrogen) atoms. The Bertz CT molecular complexity index is 630. The smallest absolute Gasteiger partial charge is 0.145 e. The number of benzene rings is 1. The van der Waals surface area contributed by atoms with Crippen LogP contribution in [0.2, 0.25) is 0 Å². The number of aromatic nitrogens is 2. The zero-order chi connectivity index (χ0) is 11.1. The Morgan fingerprint density at radius 3 is 3.06 bits per heavy atom. The van der Waals surface area contributed by atoms with Crippen molar-refractivity contribution in [2.24, 2.45) is 0 Å². The number of hydrogen-bond acceptors (Lipinski definition) is 2. The molecule has 0 unspecified atom stereocenters. The molecule has 2 nitrogen and oxygen atoms in total. The van der Waals surface area contributed by atoms with Gasteiger partial charge in [0.05, 0.1) is 18.4 Å². The number of thioether (sulfide) groups is 1. The molecule has 1 aliphatic heterocycles. The largest absolute Gasteiger partial charge is 0.338 e.